The lowest BCUT2D eigenvalue weighted by molar-refractivity contribution is 0.222. The molecule has 1 aromatic heterocycles. The molecule has 0 saturated carbocycles. The lowest BCUT2D eigenvalue weighted by Crippen LogP contribution is -2.44. The molecule has 0 amide bonds. The van der Waals surface area contributed by atoms with E-state index in [1.165, 1.54) is 16.7 Å². The number of benzene rings is 1. The predicted octanol–water partition coefficient (Wildman–Crippen LogP) is 1.63. The average Bonchev–Trinajstić information content (AvgIpc) is 2.87. The summed E-state index contributed by atoms with van der Waals surface area (Å²) in [4.78, 5) is 13.9. The number of aryl methyl sites for hydroxylation is 1. The normalized spacial score (nSPS) is 19.8. The summed E-state index contributed by atoms with van der Waals surface area (Å²) in [6, 6.07) is 4.64. The summed E-state index contributed by atoms with van der Waals surface area (Å²) in [5, 5.41) is 0. The Hall–Kier alpha value is -1.64. The Labute approximate surface area is 147 Å². The highest BCUT2D eigenvalue weighted by Crippen LogP contribution is 2.28. The number of aromatic nitrogens is 1. The molecule has 3 rings (SSSR count). The second-order valence-electron chi connectivity index (χ2n) is 6.91. The fraction of sp³-hybridized carbons (Fsp3) is 0.588. The highest BCUT2D eigenvalue weighted by atomic mass is 32.2. The summed E-state index contributed by atoms with van der Waals surface area (Å²) < 4.78 is 34.5. The Morgan fingerprint density at radius 3 is 2.76 bits per heavy atom. The van der Waals surface area contributed by atoms with Crippen LogP contribution in [0.2, 0.25) is 0 Å². The van der Waals surface area contributed by atoms with Crippen LogP contribution in [0.4, 0.5) is 0 Å². The SMILES string of the molecule is CN(C)CCC1CCCCN1S(=O)(=O)c1ccc2oc(=O)n(C)c2c1. The first-order valence-electron chi connectivity index (χ1n) is 8.57. The summed E-state index contributed by atoms with van der Waals surface area (Å²) in [6.07, 6.45) is 3.64. The van der Waals surface area contributed by atoms with Crippen molar-refractivity contribution in [3.05, 3.63) is 28.7 Å². The zero-order valence-corrected chi connectivity index (χ0v) is 15.8. The van der Waals surface area contributed by atoms with Crippen molar-refractivity contribution in [1.29, 1.82) is 0 Å². The largest absolute Gasteiger partial charge is 0.419 e. The van der Waals surface area contributed by atoms with Crippen LogP contribution >= 0.6 is 0 Å². The van der Waals surface area contributed by atoms with Gasteiger partial charge in [0.15, 0.2) is 5.58 Å². The number of nitrogens with zero attached hydrogens (tertiary/aromatic N) is 3. The van der Waals surface area contributed by atoms with Gasteiger partial charge in [0.25, 0.3) is 0 Å². The molecule has 138 valence electrons. The molecule has 1 saturated heterocycles. The molecule has 1 aliphatic heterocycles. The van der Waals surface area contributed by atoms with Crippen molar-refractivity contribution in [1.82, 2.24) is 13.8 Å². The number of fused-ring (bicyclic) bond motifs is 1. The molecule has 7 nitrogen and oxygen atoms in total. The Kier molecular flexibility index (Phi) is 5.04. The summed E-state index contributed by atoms with van der Waals surface area (Å²) in [6.45, 7) is 1.40. The molecule has 2 heterocycles. The maximum absolute atomic E-state index is 13.2. The Morgan fingerprint density at radius 1 is 1.28 bits per heavy atom. The Morgan fingerprint density at radius 2 is 2.04 bits per heavy atom. The minimum absolute atomic E-state index is 0.0185. The van der Waals surface area contributed by atoms with Gasteiger partial charge in [0.2, 0.25) is 10.0 Å². The van der Waals surface area contributed by atoms with Crippen molar-refractivity contribution in [2.75, 3.05) is 27.2 Å². The van der Waals surface area contributed by atoms with Crippen molar-refractivity contribution in [2.45, 2.75) is 36.6 Å². The molecule has 2 aromatic rings. The summed E-state index contributed by atoms with van der Waals surface area (Å²) in [5.74, 6) is -0.494. The van der Waals surface area contributed by atoms with Crippen LogP contribution in [0.1, 0.15) is 25.7 Å². The number of hydrogen-bond acceptors (Lipinski definition) is 5. The number of hydrogen-bond donors (Lipinski definition) is 0. The molecule has 0 radical (unpaired) electrons. The van der Waals surface area contributed by atoms with Gasteiger partial charge in [-0.25, -0.2) is 13.2 Å². The Bertz CT molecular complexity index is 914. The van der Waals surface area contributed by atoms with Gasteiger partial charge < -0.3 is 9.32 Å². The van der Waals surface area contributed by atoms with E-state index < -0.39 is 15.8 Å². The van der Waals surface area contributed by atoms with Crippen molar-refractivity contribution >= 4 is 21.1 Å². The van der Waals surface area contributed by atoms with Gasteiger partial charge in [-0.15, -0.1) is 0 Å². The number of piperidine rings is 1. The molecule has 8 heteroatoms. The third-order valence-electron chi connectivity index (χ3n) is 4.85. The lowest BCUT2D eigenvalue weighted by atomic mass is 10.0. The van der Waals surface area contributed by atoms with Gasteiger partial charge in [-0.05, 0) is 58.1 Å². The second kappa shape index (κ2) is 6.93. The van der Waals surface area contributed by atoms with Gasteiger partial charge >= 0.3 is 5.76 Å². The molecule has 1 fully saturated rings. The first-order valence-corrected chi connectivity index (χ1v) is 10.0. The quantitative estimate of drug-likeness (QED) is 0.803. The third-order valence-corrected chi connectivity index (χ3v) is 6.80. The topological polar surface area (TPSA) is 75.8 Å². The Balaban J connectivity index is 1.96. The summed E-state index contributed by atoms with van der Waals surface area (Å²) in [5.41, 5.74) is 0.891. The van der Waals surface area contributed by atoms with E-state index in [2.05, 4.69) is 4.90 Å². The first-order chi connectivity index (χ1) is 11.8. The highest BCUT2D eigenvalue weighted by Gasteiger charge is 2.33. The zero-order chi connectivity index (χ0) is 18.2. The van der Waals surface area contributed by atoms with Crippen LogP contribution in [0, 0.1) is 0 Å². The summed E-state index contributed by atoms with van der Waals surface area (Å²) >= 11 is 0. The minimum atomic E-state index is -3.60. The van der Waals surface area contributed by atoms with E-state index >= 15 is 0 Å². The van der Waals surface area contributed by atoms with Crippen LogP contribution in [0.15, 0.2) is 32.3 Å². The van der Waals surface area contributed by atoms with Crippen LogP contribution in [-0.2, 0) is 17.1 Å². The third kappa shape index (κ3) is 3.51. The summed E-state index contributed by atoms with van der Waals surface area (Å²) in [7, 11) is 1.96. The van der Waals surface area contributed by atoms with Crippen molar-refractivity contribution in [3.63, 3.8) is 0 Å². The zero-order valence-electron chi connectivity index (χ0n) is 14.9. The van der Waals surface area contributed by atoms with E-state index in [-0.39, 0.29) is 10.9 Å². The standard InChI is InChI=1S/C17H25N3O4S/c1-18(2)11-9-13-6-4-5-10-20(13)25(22,23)14-7-8-16-15(12-14)19(3)17(21)24-16/h7-8,12-13H,4-6,9-11H2,1-3H3. The second-order valence-corrected chi connectivity index (χ2v) is 8.80. The van der Waals surface area contributed by atoms with Gasteiger partial charge in [0.1, 0.15) is 0 Å². The molecule has 1 aliphatic rings. The van der Waals surface area contributed by atoms with Crippen LogP contribution in [0.3, 0.4) is 0 Å². The first kappa shape index (κ1) is 18.2. The van der Waals surface area contributed by atoms with E-state index in [1.54, 1.807) is 17.4 Å². The molecular formula is C17H25N3O4S. The minimum Gasteiger partial charge on any atom is -0.408 e. The van der Waals surface area contributed by atoms with Crippen molar-refractivity contribution in [2.24, 2.45) is 7.05 Å². The molecule has 1 atom stereocenters. The van der Waals surface area contributed by atoms with Gasteiger partial charge in [-0.1, -0.05) is 6.42 Å². The number of sulfonamides is 1. The predicted molar refractivity (Wildman–Crippen MR) is 96.2 cm³/mol. The molecule has 0 N–H and O–H groups in total. The molecule has 1 aromatic carbocycles. The smallest absolute Gasteiger partial charge is 0.408 e. The maximum Gasteiger partial charge on any atom is 0.419 e. The van der Waals surface area contributed by atoms with E-state index in [4.69, 9.17) is 4.42 Å². The molecular weight excluding hydrogens is 342 g/mol. The monoisotopic (exact) mass is 367 g/mol. The van der Waals surface area contributed by atoms with E-state index in [0.717, 1.165) is 32.2 Å². The average molecular weight is 367 g/mol. The molecule has 0 spiro atoms. The lowest BCUT2D eigenvalue weighted by Gasteiger charge is -2.35. The van der Waals surface area contributed by atoms with Crippen LogP contribution in [0.5, 0.6) is 0 Å². The fourth-order valence-electron chi connectivity index (χ4n) is 3.39. The van der Waals surface area contributed by atoms with E-state index in [1.807, 2.05) is 14.1 Å². The molecule has 0 bridgehead atoms. The van der Waals surface area contributed by atoms with Gasteiger partial charge in [0, 0.05) is 19.6 Å². The van der Waals surface area contributed by atoms with Crippen molar-refractivity contribution < 1.29 is 12.8 Å². The molecule has 1 unspecified atom stereocenters. The van der Waals surface area contributed by atoms with Gasteiger partial charge in [-0.3, -0.25) is 4.57 Å². The molecule has 0 aliphatic carbocycles. The van der Waals surface area contributed by atoms with Crippen LogP contribution in [0.25, 0.3) is 11.1 Å². The van der Waals surface area contributed by atoms with E-state index in [9.17, 15) is 13.2 Å². The fourth-order valence-corrected chi connectivity index (χ4v) is 5.13. The van der Waals surface area contributed by atoms with Crippen LogP contribution < -0.4 is 5.76 Å². The number of oxazole rings is 1. The molecule has 25 heavy (non-hydrogen) atoms. The van der Waals surface area contributed by atoms with Gasteiger partial charge in [0.05, 0.1) is 10.4 Å². The van der Waals surface area contributed by atoms with Crippen molar-refractivity contribution in [3.8, 4) is 0 Å². The van der Waals surface area contributed by atoms with Gasteiger partial charge in [-0.2, -0.15) is 4.31 Å². The van der Waals surface area contributed by atoms with E-state index in [0.29, 0.717) is 17.6 Å². The van der Waals surface area contributed by atoms with Crippen LogP contribution in [-0.4, -0.2) is 55.4 Å². The number of rotatable bonds is 5. The maximum atomic E-state index is 13.2. The highest BCUT2D eigenvalue weighted by molar-refractivity contribution is 7.89.